The maximum absolute atomic E-state index is 12.5. The molecular formula is C21H28N2O6S. The summed E-state index contributed by atoms with van der Waals surface area (Å²) in [6.45, 7) is 2.73. The summed E-state index contributed by atoms with van der Waals surface area (Å²) in [5.74, 6) is 1.30. The Hall–Kier alpha value is -2.78. The van der Waals surface area contributed by atoms with Gasteiger partial charge in [-0.1, -0.05) is 17.7 Å². The Morgan fingerprint density at radius 3 is 2.33 bits per heavy atom. The summed E-state index contributed by atoms with van der Waals surface area (Å²) in [5, 5.41) is 0. The molecule has 2 rings (SSSR count). The van der Waals surface area contributed by atoms with E-state index in [0.29, 0.717) is 24.7 Å². The van der Waals surface area contributed by atoms with Gasteiger partial charge in [0.1, 0.15) is 12.4 Å². The summed E-state index contributed by atoms with van der Waals surface area (Å²) < 4.78 is 43.2. The molecule has 1 amide bonds. The lowest BCUT2D eigenvalue weighted by Gasteiger charge is -2.18. The van der Waals surface area contributed by atoms with Gasteiger partial charge in [-0.2, -0.15) is 0 Å². The molecule has 0 bridgehead atoms. The summed E-state index contributed by atoms with van der Waals surface area (Å²) in [5.41, 5.74) is 1.14. The van der Waals surface area contributed by atoms with Crippen LogP contribution in [0.25, 0.3) is 0 Å². The molecule has 0 aliphatic rings. The number of hydrogen-bond acceptors (Lipinski definition) is 6. The van der Waals surface area contributed by atoms with Crippen molar-refractivity contribution in [1.82, 2.24) is 9.62 Å². The first-order valence-corrected chi connectivity index (χ1v) is 10.9. The number of aryl methyl sites for hydroxylation is 1. The summed E-state index contributed by atoms with van der Waals surface area (Å²) in [7, 11) is 0.779. The number of methoxy groups -OCH3 is 2. The first-order valence-electron chi connectivity index (χ1n) is 9.42. The van der Waals surface area contributed by atoms with Gasteiger partial charge in [-0.15, -0.1) is 0 Å². The van der Waals surface area contributed by atoms with E-state index in [-0.39, 0.29) is 23.8 Å². The zero-order valence-electron chi connectivity index (χ0n) is 17.7. The molecule has 164 valence electrons. The number of rotatable bonds is 11. The second kappa shape index (κ2) is 10.8. The molecule has 0 aliphatic heterocycles. The summed E-state index contributed by atoms with van der Waals surface area (Å²) in [4.78, 5) is 13.8. The van der Waals surface area contributed by atoms with Gasteiger partial charge in [0.25, 0.3) is 0 Å². The van der Waals surface area contributed by atoms with E-state index in [9.17, 15) is 13.2 Å². The van der Waals surface area contributed by atoms with Crippen LogP contribution in [0.4, 0.5) is 0 Å². The maximum atomic E-state index is 12.5. The number of hydrogen-bond donors (Lipinski definition) is 1. The second-order valence-corrected chi connectivity index (χ2v) is 8.41. The molecule has 0 unspecified atom stereocenters. The van der Waals surface area contributed by atoms with Crippen LogP contribution in [-0.2, 0) is 14.8 Å². The lowest BCUT2D eigenvalue weighted by atomic mass is 10.2. The Bertz CT molecular complexity index is 944. The van der Waals surface area contributed by atoms with Crippen LogP contribution in [0.3, 0.4) is 0 Å². The highest BCUT2D eigenvalue weighted by Crippen LogP contribution is 2.29. The van der Waals surface area contributed by atoms with Gasteiger partial charge in [-0.25, -0.2) is 13.1 Å². The van der Waals surface area contributed by atoms with Crippen LogP contribution in [0.5, 0.6) is 17.2 Å². The molecule has 2 aromatic rings. The first-order chi connectivity index (χ1) is 14.3. The number of carbonyl (C=O) groups is 1. The molecule has 0 atom stereocenters. The number of benzene rings is 2. The zero-order valence-corrected chi connectivity index (χ0v) is 18.5. The Labute approximate surface area is 177 Å². The van der Waals surface area contributed by atoms with Crippen molar-refractivity contribution in [3.63, 3.8) is 0 Å². The van der Waals surface area contributed by atoms with Crippen molar-refractivity contribution in [2.75, 3.05) is 41.0 Å². The zero-order chi connectivity index (χ0) is 22.1. The largest absolute Gasteiger partial charge is 0.493 e. The monoisotopic (exact) mass is 436 g/mol. The van der Waals surface area contributed by atoms with E-state index in [1.165, 1.54) is 37.3 Å². The standard InChI is InChI=1S/C21H28N2O6S/c1-16-5-7-17(8-6-16)29-14-13-23(2)21(24)11-12-22-30(25,26)18-9-10-19(27-3)20(15-18)28-4/h5-10,15,22H,11-14H2,1-4H3. The van der Waals surface area contributed by atoms with E-state index in [4.69, 9.17) is 14.2 Å². The van der Waals surface area contributed by atoms with Crippen molar-refractivity contribution in [1.29, 1.82) is 0 Å². The van der Waals surface area contributed by atoms with E-state index in [0.717, 1.165) is 11.3 Å². The molecule has 0 aromatic heterocycles. The minimum atomic E-state index is -3.78. The van der Waals surface area contributed by atoms with Crippen LogP contribution in [0.2, 0.25) is 0 Å². The first kappa shape index (κ1) is 23.5. The number of amides is 1. The predicted octanol–water partition coefficient (Wildman–Crippen LogP) is 2.22. The summed E-state index contributed by atoms with van der Waals surface area (Å²) in [6.07, 6.45) is 0.0353. The number of carbonyl (C=O) groups excluding carboxylic acids is 1. The lowest BCUT2D eigenvalue weighted by molar-refractivity contribution is -0.130. The van der Waals surface area contributed by atoms with Crippen molar-refractivity contribution < 1.29 is 27.4 Å². The van der Waals surface area contributed by atoms with E-state index in [2.05, 4.69) is 4.72 Å². The Morgan fingerprint density at radius 1 is 1.03 bits per heavy atom. The molecule has 30 heavy (non-hydrogen) atoms. The summed E-state index contributed by atoms with van der Waals surface area (Å²) in [6, 6.07) is 12.0. The van der Waals surface area contributed by atoms with Crippen molar-refractivity contribution in [3.05, 3.63) is 48.0 Å². The number of nitrogens with one attached hydrogen (secondary N) is 1. The van der Waals surface area contributed by atoms with Gasteiger partial charge in [-0.3, -0.25) is 4.79 Å². The van der Waals surface area contributed by atoms with E-state index in [1.54, 1.807) is 7.05 Å². The Morgan fingerprint density at radius 2 is 1.70 bits per heavy atom. The number of ether oxygens (including phenoxy) is 3. The fourth-order valence-electron chi connectivity index (χ4n) is 2.61. The van der Waals surface area contributed by atoms with E-state index >= 15 is 0 Å². The van der Waals surface area contributed by atoms with Crippen LogP contribution >= 0.6 is 0 Å². The molecule has 0 saturated heterocycles. The molecule has 1 N–H and O–H groups in total. The SMILES string of the molecule is COc1ccc(S(=O)(=O)NCCC(=O)N(C)CCOc2ccc(C)cc2)cc1OC. The Kier molecular flexibility index (Phi) is 8.49. The van der Waals surface area contributed by atoms with Gasteiger partial charge >= 0.3 is 0 Å². The molecule has 0 spiro atoms. The normalized spacial score (nSPS) is 11.1. The molecule has 0 fully saturated rings. The molecule has 0 aliphatic carbocycles. The third-order valence-electron chi connectivity index (χ3n) is 4.44. The molecule has 8 nitrogen and oxygen atoms in total. The Balaban J connectivity index is 1.80. The number of likely N-dealkylation sites (N-methyl/N-ethyl adjacent to an activating group) is 1. The van der Waals surface area contributed by atoms with Gasteiger partial charge in [0.2, 0.25) is 15.9 Å². The highest BCUT2D eigenvalue weighted by atomic mass is 32.2. The van der Waals surface area contributed by atoms with Gasteiger partial charge in [0, 0.05) is 26.1 Å². The van der Waals surface area contributed by atoms with Crippen molar-refractivity contribution in [2.24, 2.45) is 0 Å². The highest BCUT2D eigenvalue weighted by Gasteiger charge is 2.18. The average Bonchev–Trinajstić information content (AvgIpc) is 2.74. The molecule has 0 radical (unpaired) electrons. The van der Waals surface area contributed by atoms with Crippen LogP contribution in [-0.4, -0.2) is 60.2 Å². The van der Waals surface area contributed by atoms with Crippen molar-refractivity contribution in [2.45, 2.75) is 18.2 Å². The van der Waals surface area contributed by atoms with Crippen LogP contribution in [0.1, 0.15) is 12.0 Å². The second-order valence-electron chi connectivity index (χ2n) is 6.64. The van der Waals surface area contributed by atoms with Crippen molar-refractivity contribution >= 4 is 15.9 Å². The lowest BCUT2D eigenvalue weighted by Crippen LogP contribution is -2.34. The fourth-order valence-corrected chi connectivity index (χ4v) is 3.66. The molecule has 0 saturated carbocycles. The smallest absolute Gasteiger partial charge is 0.240 e. The van der Waals surface area contributed by atoms with Gasteiger partial charge < -0.3 is 19.1 Å². The van der Waals surface area contributed by atoms with Crippen molar-refractivity contribution in [3.8, 4) is 17.2 Å². The number of nitrogens with zero attached hydrogens (tertiary/aromatic N) is 1. The quantitative estimate of drug-likeness (QED) is 0.581. The number of sulfonamides is 1. The van der Waals surface area contributed by atoms with Gasteiger partial charge in [-0.05, 0) is 31.2 Å². The van der Waals surface area contributed by atoms with Crippen LogP contribution in [0, 0.1) is 6.92 Å². The van der Waals surface area contributed by atoms with E-state index in [1.807, 2.05) is 31.2 Å². The van der Waals surface area contributed by atoms with Crippen LogP contribution < -0.4 is 18.9 Å². The van der Waals surface area contributed by atoms with Gasteiger partial charge in [0.15, 0.2) is 11.5 Å². The van der Waals surface area contributed by atoms with Gasteiger partial charge in [0.05, 0.1) is 25.7 Å². The van der Waals surface area contributed by atoms with E-state index < -0.39 is 10.0 Å². The predicted molar refractivity (Wildman–Crippen MR) is 114 cm³/mol. The summed E-state index contributed by atoms with van der Waals surface area (Å²) >= 11 is 0. The highest BCUT2D eigenvalue weighted by molar-refractivity contribution is 7.89. The minimum absolute atomic E-state index is 0.0152. The third-order valence-corrected chi connectivity index (χ3v) is 5.90. The third kappa shape index (κ3) is 6.64. The molecule has 2 aromatic carbocycles. The minimum Gasteiger partial charge on any atom is -0.493 e. The molecule has 9 heteroatoms. The maximum Gasteiger partial charge on any atom is 0.240 e. The average molecular weight is 437 g/mol. The molecular weight excluding hydrogens is 408 g/mol. The van der Waals surface area contributed by atoms with Crippen LogP contribution in [0.15, 0.2) is 47.4 Å². The fraction of sp³-hybridized carbons (Fsp3) is 0.381. The topological polar surface area (TPSA) is 94.2 Å². The molecule has 0 heterocycles.